The van der Waals surface area contributed by atoms with Crippen LogP contribution in [0.2, 0.25) is 0 Å². The van der Waals surface area contributed by atoms with Crippen LogP contribution in [0, 0.1) is 5.92 Å². The summed E-state index contributed by atoms with van der Waals surface area (Å²) in [5, 5.41) is 35.8. The van der Waals surface area contributed by atoms with Crippen molar-refractivity contribution in [3.63, 3.8) is 0 Å². The molecule has 11 heteroatoms. The summed E-state index contributed by atoms with van der Waals surface area (Å²) >= 11 is 0. The summed E-state index contributed by atoms with van der Waals surface area (Å²) in [6.07, 6.45) is -1.31. The number of aliphatic hydroxyl groups excluding tert-OH is 1. The van der Waals surface area contributed by atoms with Crippen LogP contribution in [0.15, 0.2) is 24.3 Å². The lowest BCUT2D eigenvalue weighted by Crippen LogP contribution is -2.59. The molecule has 0 aliphatic rings. The normalized spacial score (nSPS) is 14.8. The van der Waals surface area contributed by atoms with Gasteiger partial charge in [0.2, 0.25) is 17.7 Å². The van der Waals surface area contributed by atoms with Crippen molar-refractivity contribution in [2.75, 3.05) is 6.54 Å². The van der Waals surface area contributed by atoms with Crippen molar-refractivity contribution in [2.24, 2.45) is 11.7 Å². The van der Waals surface area contributed by atoms with Gasteiger partial charge in [-0.25, -0.2) is 4.79 Å². The van der Waals surface area contributed by atoms with Gasteiger partial charge in [-0.3, -0.25) is 14.4 Å². The smallest absolute Gasteiger partial charge is 0.326 e. The number of carboxylic acid groups (broad SMARTS) is 1. The molecule has 0 fully saturated rings. The minimum absolute atomic E-state index is 0.0122. The van der Waals surface area contributed by atoms with Crippen LogP contribution in [0.3, 0.4) is 0 Å². The summed E-state index contributed by atoms with van der Waals surface area (Å²) < 4.78 is 0. The summed E-state index contributed by atoms with van der Waals surface area (Å²) in [7, 11) is 0. The van der Waals surface area contributed by atoms with Gasteiger partial charge < -0.3 is 37.0 Å². The number of aromatic hydroxyl groups is 1. The highest BCUT2D eigenvalue weighted by molar-refractivity contribution is 5.94. The highest BCUT2D eigenvalue weighted by Crippen LogP contribution is 2.12. The lowest BCUT2D eigenvalue weighted by Gasteiger charge is -2.26. The lowest BCUT2D eigenvalue weighted by molar-refractivity contribution is -0.143. The highest BCUT2D eigenvalue weighted by Gasteiger charge is 2.32. The molecule has 0 heterocycles. The van der Waals surface area contributed by atoms with Crippen LogP contribution >= 0.6 is 0 Å². The van der Waals surface area contributed by atoms with E-state index in [0.717, 1.165) is 0 Å². The molecule has 172 valence electrons. The molecule has 3 amide bonds. The molecule has 0 spiro atoms. The van der Waals surface area contributed by atoms with E-state index in [1.165, 1.54) is 19.1 Å². The Labute approximate surface area is 180 Å². The maximum Gasteiger partial charge on any atom is 0.326 e. The molecule has 0 saturated carbocycles. The van der Waals surface area contributed by atoms with Crippen molar-refractivity contribution in [1.82, 2.24) is 16.0 Å². The number of aliphatic hydroxyl groups is 1. The van der Waals surface area contributed by atoms with Crippen molar-refractivity contribution in [1.29, 1.82) is 0 Å². The first kappa shape index (κ1) is 25.9. The van der Waals surface area contributed by atoms with Crippen LogP contribution < -0.4 is 21.7 Å². The second-order valence-electron chi connectivity index (χ2n) is 7.49. The molecule has 0 aliphatic carbocycles. The van der Waals surface area contributed by atoms with Crippen molar-refractivity contribution in [3.8, 4) is 5.75 Å². The van der Waals surface area contributed by atoms with Gasteiger partial charge in [-0.15, -0.1) is 0 Å². The summed E-state index contributed by atoms with van der Waals surface area (Å²) in [5.74, 6) is -3.90. The average Bonchev–Trinajstić information content (AvgIpc) is 2.69. The number of carbonyl (C=O) groups excluding carboxylic acids is 3. The van der Waals surface area contributed by atoms with Gasteiger partial charge in [0.05, 0.1) is 12.6 Å². The predicted octanol–water partition coefficient (Wildman–Crippen LogP) is -1.53. The largest absolute Gasteiger partial charge is 0.508 e. The second-order valence-corrected chi connectivity index (χ2v) is 7.49. The van der Waals surface area contributed by atoms with Crippen molar-refractivity contribution < 1.29 is 34.5 Å². The Balaban J connectivity index is 3.11. The Kier molecular flexibility index (Phi) is 9.90. The molecule has 31 heavy (non-hydrogen) atoms. The molecule has 4 unspecified atom stereocenters. The molecule has 8 N–H and O–H groups in total. The quantitative estimate of drug-likeness (QED) is 0.216. The number of phenols is 1. The van der Waals surface area contributed by atoms with E-state index in [4.69, 9.17) is 5.73 Å². The fourth-order valence-electron chi connectivity index (χ4n) is 2.74. The molecule has 11 nitrogen and oxygen atoms in total. The number of hydrogen-bond acceptors (Lipinski definition) is 7. The van der Waals surface area contributed by atoms with Crippen LogP contribution in [0.5, 0.6) is 5.75 Å². The Bertz CT molecular complexity index is 780. The maximum absolute atomic E-state index is 12.8. The van der Waals surface area contributed by atoms with E-state index >= 15 is 0 Å². The Morgan fingerprint density at radius 1 is 0.935 bits per heavy atom. The zero-order valence-electron chi connectivity index (χ0n) is 17.7. The van der Waals surface area contributed by atoms with Gasteiger partial charge in [0.1, 0.15) is 23.9 Å². The number of aliphatic carboxylic acids is 1. The zero-order chi connectivity index (χ0) is 23.7. The fourth-order valence-corrected chi connectivity index (χ4v) is 2.74. The topological polar surface area (TPSA) is 191 Å². The molecule has 1 aromatic carbocycles. The van der Waals surface area contributed by atoms with Crippen molar-refractivity contribution in [2.45, 2.75) is 51.4 Å². The maximum atomic E-state index is 12.8. The summed E-state index contributed by atoms with van der Waals surface area (Å²) in [5.41, 5.74) is 5.81. The van der Waals surface area contributed by atoms with E-state index in [9.17, 15) is 34.5 Å². The number of phenolic OH excluding ortho intramolecular Hbond substituents is 1. The van der Waals surface area contributed by atoms with E-state index in [1.54, 1.807) is 26.0 Å². The number of rotatable bonds is 11. The summed E-state index contributed by atoms with van der Waals surface area (Å²) in [4.78, 5) is 48.5. The van der Waals surface area contributed by atoms with Crippen LogP contribution in [-0.2, 0) is 25.6 Å². The van der Waals surface area contributed by atoms with Crippen molar-refractivity contribution in [3.05, 3.63) is 29.8 Å². The number of carbonyl (C=O) groups is 4. The van der Waals surface area contributed by atoms with Crippen LogP contribution in [0.1, 0.15) is 26.3 Å². The first-order chi connectivity index (χ1) is 14.5. The van der Waals surface area contributed by atoms with Crippen LogP contribution in [0.25, 0.3) is 0 Å². The third-order valence-electron chi connectivity index (χ3n) is 4.51. The van der Waals surface area contributed by atoms with Gasteiger partial charge in [-0.2, -0.15) is 0 Å². The number of benzene rings is 1. The molecule has 0 radical (unpaired) electrons. The molecular formula is C20H30N4O7. The molecule has 0 aliphatic heterocycles. The number of hydrogen-bond donors (Lipinski definition) is 7. The van der Waals surface area contributed by atoms with E-state index in [-0.39, 0.29) is 12.2 Å². The Hall–Kier alpha value is -3.18. The van der Waals surface area contributed by atoms with Gasteiger partial charge in [-0.05, 0) is 30.5 Å². The summed E-state index contributed by atoms with van der Waals surface area (Å²) in [6.45, 7) is 4.13. The molecule has 4 atom stereocenters. The van der Waals surface area contributed by atoms with Gasteiger partial charge in [0.15, 0.2) is 0 Å². The Morgan fingerprint density at radius 3 is 1.97 bits per heavy atom. The second kappa shape index (κ2) is 11.9. The molecular weight excluding hydrogens is 408 g/mol. The standard InChI is InChI=1S/C20H30N4O7/c1-10(2)16(20(30)31)24-18(28)14(8-12-4-6-13(26)7-5-12)22-19(29)17(11(3)25)23-15(27)9-21/h4-7,10-11,14,16-17,25-26H,8-9,21H2,1-3H3,(H,22,29)(H,23,27)(H,24,28)(H,30,31). The fraction of sp³-hybridized carbons (Fsp3) is 0.500. The first-order valence-electron chi connectivity index (χ1n) is 9.75. The molecule has 0 bridgehead atoms. The number of amides is 3. The molecule has 0 aromatic heterocycles. The highest BCUT2D eigenvalue weighted by atomic mass is 16.4. The summed E-state index contributed by atoms with van der Waals surface area (Å²) in [6, 6.07) is 2.12. The van der Waals surface area contributed by atoms with Crippen molar-refractivity contribution >= 4 is 23.7 Å². The Morgan fingerprint density at radius 2 is 1.52 bits per heavy atom. The minimum Gasteiger partial charge on any atom is -0.508 e. The third kappa shape index (κ3) is 8.22. The van der Waals surface area contributed by atoms with E-state index in [2.05, 4.69) is 16.0 Å². The third-order valence-corrected chi connectivity index (χ3v) is 4.51. The van der Waals surface area contributed by atoms with Gasteiger partial charge in [-0.1, -0.05) is 26.0 Å². The van der Waals surface area contributed by atoms with Gasteiger partial charge in [0, 0.05) is 6.42 Å². The van der Waals surface area contributed by atoms with Crippen LogP contribution in [-0.4, -0.2) is 69.8 Å². The molecule has 0 saturated heterocycles. The van der Waals surface area contributed by atoms with Crippen LogP contribution in [0.4, 0.5) is 0 Å². The SMILES string of the molecule is CC(C)C(NC(=O)C(Cc1ccc(O)cc1)NC(=O)C(NC(=O)CN)C(C)O)C(=O)O. The first-order valence-corrected chi connectivity index (χ1v) is 9.75. The van der Waals surface area contributed by atoms with Gasteiger partial charge in [0.25, 0.3) is 0 Å². The van der Waals surface area contributed by atoms with E-state index in [0.29, 0.717) is 5.56 Å². The van der Waals surface area contributed by atoms with E-state index < -0.39 is 60.4 Å². The average molecular weight is 438 g/mol. The monoisotopic (exact) mass is 438 g/mol. The molecule has 1 aromatic rings. The lowest BCUT2D eigenvalue weighted by atomic mass is 10.0. The van der Waals surface area contributed by atoms with Gasteiger partial charge >= 0.3 is 5.97 Å². The van der Waals surface area contributed by atoms with E-state index in [1.807, 2.05) is 0 Å². The minimum atomic E-state index is -1.37. The number of nitrogens with two attached hydrogens (primary N) is 1. The predicted molar refractivity (Wildman–Crippen MR) is 111 cm³/mol. The number of nitrogens with one attached hydrogen (secondary N) is 3. The zero-order valence-corrected chi connectivity index (χ0v) is 17.7. The number of carboxylic acids is 1. The molecule has 1 rings (SSSR count).